The van der Waals surface area contributed by atoms with Crippen LogP contribution in [0.5, 0.6) is 5.75 Å². The van der Waals surface area contributed by atoms with Gasteiger partial charge in [-0.25, -0.2) is 4.39 Å². The van der Waals surface area contributed by atoms with Gasteiger partial charge in [-0.1, -0.05) is 36.4 Å². The molecule has 0 saturated heterocycles. The van der Waals surface area contributed by atoms with Crippen molar-refractivity contribution in [1.82, 2.24) is 15.1 Å². The summed E-state index contributed by atoms with van der Waals surface area (Å²) in [6.45, 7) is 2.83. The van der Waals surface area contributed by atoms with Crippen LogP contribution >= 0.6 is 11.3 Å². The number of aromatic nitrogens is 2. The van der Waals surface area contributed by atoms with Gasteiger partial charge in [-0.2, -0.15) is 5.10 Å². The van der Waals surface area contributed by atoms with E-state index in [0.717, 1.165) is 21.5 Å². The van der Waals surface area contributed by atoms with Gasteiger partial charge in [-0.05, 0) is 36.2 Å². The molecular formula is C22H20FN3O2S. The topological polar surface area (TPSA) is 56.1 Å². The molecule has 0 aliphatic carbocycles. The molecule has 0 aliphatic rings. The number of hydrogen-bond donors (Lipinski definition) is 1. The summed E-state index contributed by atoms with van der Waals surface area (Å²) in [6, 6.07) is 16.6. The first kappa shape index (κ1) is 19.1. The normalized spacial score (nSPS) is 11.0. The molecule has 29 heavy (non-hydrogen) atoms. The number of hydrogen-bond acceptors (Lipinski definition) is 4. The van der Waals surface area contributed by atoms with E-state index in [1.54, 1.807) is 12.1 Å². The second kappa shape index (κ2) is 8.05. The Morgan fingerprint density at radius 3 is 2.69 bits per heavy atom. The zero-order chi connectivity index (χ0) is 20.4. The number of nitrogens with zero attached hydrogens (tertiary/aromatic N) is 2. The van der Waals surface area contributed by atoms with Gasteiger partial charge in [0.2, 0.25) is 0 Å². The molecule has 0 fully saturated rings. The molecule has 0 spiro atoms. The molecule has 4 rings (SSSR count). The van der Waals surface area contributed by atoms with E-state index in [1.807, 2.05) is 35.9 Å². The Hall–Kier alpha value is -3.19. The fraction of sp³-hybridized carbons (Fsp3) is 0.182. The Labute approximate surface area is 171 Å². The summed E-state index contributed by atoms with van der Waals surface area (Å²) in [7, 11) is 1.42. The van der Waals surface area contributed by atoms with Crippen molar-refractivity contribution >= 4 is 27.5 Å². The van der Waals surface area contributed by atoms with E-state index in [1.165, 1.54) is 24.5 Å². The number of ether oxygens (including phenoxy) is 1. The van der Waals surface area contributed by atoms with E-state index in [0.29, 0.717) is 17.0 Å². The van der Waals surface area contributed by atoms with Crippen LogP contribution in [-0.4, -0.2) is 22.8 Å². The summed E-state index contributed by atoms with van der Waals surface area (Å²) in [4.78, 5) is 14.2. The number of halogens is 1. The van der Waals surface area contributed by atoms with Crippen LogP contribution in [0, 0.1) is 12.7 Å². The van der Waals surface area contributed by atoms with Crippen molar-refractivity contribution < 1.29 is 13.9 Å². The molecule has 5 nitrogen and oxygen atoms in total. The molecule has 2 aromatic carbocycles. The first-order valence-corrected chi connectivity index (χ1v) is 9.98. The Morgan fingerprint density at radius 1 is 1.17 bits per heavy atom. The van der Waals surface area contributed by atoms with Crippen LogP contribution in [0.4, 0.5) is 4.39 Å². The van der Waals surface area contributed by atoms with Crippen molar-refractivity contribution in [3.63, 3.8) is 0 Å². The van der Waals surface area contributed by atoms with Crippen molar-refractivity contribution in [3.05, 3.63) is 82.1 Å². The zero-order valence-electron chi connectivity index (χ0n) is 16.1. The minimum absolute atomic E-state index is 0.183. The number of thiophene rings is 1. The van der Waals surface area contributed by atoms with Gasteiger partial charge < -0.3 is 10.1 Å². The predicted molar refractivity (Wildman–Crippen MR) is 112 cm³/mol. The highest BCUT2D eigenvalue weighted by molar-refractivity contribution is 7.20. The number of methoxy groups -OCH3 is 1. The lowest BCUT2D eigenvalue weighted by Crippen LogP contribution is -2.21. The third kappa shape index (κ3) is 4.00. The molecule has 1 amide bonds. The average molecular weight is 409 g/mol. The van der Waals surface area contributed by atoms with Crippen molar-refractivity contribution in [1.29, 1.82) is 0 Å². The molecule has 0 unspecified atom stereocenters. The second-order valence-electron chi connectivity index (χ2n) is 6.71. The third-order valence-electron chi connectivity index (χ3n) is 4.68. The average Bonchev–Trinajstić information content (AvgIpc) is 3.28. The van der Waals surface area contributed by atoms with Gasteiger partial charge in [0.25, 0.3) is 5.91 Å². The number of carbonyl (C=O) groups excluding carboxylic acids is 1. The van der Waals surface area contributed by atoms with Crippen LogP contribution in [0.25, 0.3) is 10.2 Å². The molecule has 7 heteroatoms. The molecular weight excluding hydrogens is 389 g/mol. The Bertz CT molecular complexity index is 1170. The van der Waals surface area contributed by atoms with Crippen LogP contribution in [0.2, 0.25) is 0 Å². The molecule has 148 valence electrons. The van der Waals surface area contributed by atoms with E-state index in [4.69, 9.17) is 4.74 Å². The SMILES string of the molecule is COc1ccc(CNC(=O)c2cc3c(C)nn(Cc4ccccc4)c3s2)cc1F. The number of nitrogens with one attached hydrogen (secondary N) is 1. The molecule has 0 aliphatic heterocycles. The zero-order valence-corrected chi connectivity index (χ0v) is 16.9. The molecule has 0 saturated carbocycles. The van der Waals surface area contributed by atoms with Crippen molar-refractivity contribution in [2.45, 2.75) is 20.0 Å². The largest absolute Gasteiger partial charge is 0.494 e. The van der Waals surface area contributed by atoms with Crippen LogP contribution in [0.15, 0.2) is 54.6 Å². The van der Waals surface area contributed by atoms with Gasteiger partial charge in [0.15, 0.2) is 11.6 Å². The summed E-state index contributed by atoms with van der Waals surface area (Å²) >= 11 is 1.41. The number of rotatable bonds is 6. The van der Waals surface area contributed by atoms with Crippen molar-refractivity contribution in [3.8, 4) is 5.75 Å². The maximum atomic E-state index is 13.8. The van der Waals surface area contributed by atoms with Gasteiger partial charge >= 0.3 is 0 Å². The van der Waals surface area contributed by atoms with E-state index in [9.17, 15) is 9.18 Å². The predicted octanol–water partition coefficient (Wildman–Crippen LogP) is 4.53. The maximum Gasteiger partial charge on any atom is 0.261 e. The Morgan fingerprint density at radius 2 is 1.97 bits per heavy atom. The summed E-state index contributed by atoms with van der Waals surface area (Å²) in [5, 5.41) is 8.44. The lowest BCUT2D eigenvalue weighted by atomic mass is 10.2. The first-order valence-electron chi connectivity index (χ1n) is 9.16. The first-order chi connectivity index (χ1) is 14.0. The minimum Gasteiger partial charge on any atom is -0.494 e. The highest BCUT2D eigenvalue weighted by Crippen LogP contribution is 2.29. The van der Waals surface area contributed by atoms with E-state index < -0.39 is 5.82 Å². The maximum absolute atomic E-state index is 13.8. The Balaban J connectivity index is 1.51. The van der Waals surface area contributed by atoms with E-state index >= 15 is 0 Å². The van der Waals surface area contributed by atoms with Crippen molar-refractivity contribution in [2.75, 3.05) is 7.11 Å². The van der Waals surface area contributed by atoms with E-state index in [2.05, 4.69) is 22.5 Å². The standard InChI is InChI=1S/C22H20FN3O2S/c1-14-17-11-20(21(27)24-12-16-8-9-19(28-2)18(23)10-16)29-22(17)26(25-14)13-15-6-4-3-5-7-15/h3-11H,12-13H2,1-2H3,(H,24,27). The van der Waals surface area contributed by atoms with Crippen LogP contribution < -0.4 is 10.1 Å². The van der Waals surface area contributed by atoms with Crippen LogP contribution in [0.1, 0.15) is 26.5 Å². The number of benzene rings is 2. The summed E-state index contributed by atoms with van der Waals surface area (Å²) in [6.07, 6.45) is 0. The molecule has 1 N–H and O–H groups in total. The summed E-state index contributed by atoms with van der Waals surface area (Å²) in [5.74, 6) is -0.450. The summed E-state index contributed by atoms with van der Waals surface area (Å²) in [5.41, 5.74) is 2.71. The lowest BCUT2D eigenvalue weighted by Gasteiger charge is -2.06. The quantitative estimate of drug-likeness (QED) is 0.509. The van der Waals surface area contributed by atoms with Gasteiger partial charge in [0, 0.05) is 11.9 Å². The highest BCUT2D eigenvalue weighted by Gasteiger charge is 2.16. The molecule has 2 heterocycles. The van der Waals surface area contributed by atoms with Gasteiger partial charge in [0.05, 0.1) is 24.2 Å². The van der Waals surface area contributed by atoms with Crippen LogP contribution in [0.3, 0.4) is 0 Å². The van der Waals surface area contributed by atoms with Crippen LogP contribution in [-0.2, 0) is 13.1 Å². The number of amides is 1. The molecule has 0 atom stereocenters. The fourth-order valence-corrected chi connectivity index (χ4v) is 4.25. The Kier molecular flexibility index (Phi) is 5.31. The van der Waals surface area contributed by atoms with Gasteiger partial charge in [-0.15, -0.1) is 11.3 Å². The van der Waals surface area contributed by atoms with Crippen molar-refractivity contribution in [2.24, 2.45) is 0 Å². The second-order valence-corrected chi connectivity index (χ2v) is 7.74. The van der Waals surface area contributed by atoms with Gasteiger partial charge in [-0.3, -0.25) is 9.48 Å². The fourth-order valence-electron chi connectivity index (χ4n) is 3.18. The number of aryl methyl sites for hydroxylation is 1. The monoisotopic (exact) mass is 409 g/mol. The van der Waals surface area contributed by atoms with Gasteiger partial charge in [0.1, 0.15) is 4.83 Å². The minimum atomic E-state index is -0.447. The molecule has 2 aromatic heterocycles. The molecule has 0 radical (unpaired) electrons. The highest BCUT2D eigenvalue weighted by atomic mass is 32.1. The smallest absolute Gasteiger partial charge is 0.261 e. The van der Waals surface area contributed by atoms with E-state index in [-0.39, 0.29) is 18.2 Å². The molecule has 4 aromatic rings. The lowest BCUT2D eigenvalue weighted by molar-refractivity contribution is 0.0955. The number of carbonyl (C=O) groups is 1. The summed E-state index contributed by atoms with van der Waals surface area (Å²) < 4.78 is 20.7. The molecule has 0 bridgehead atoms. The third-order valence-corrected chi connectivity index (χ3v) is 5.82. The number of fused-ring (bicyclic) bond motifs is 1.